The van der Waals surface area contributed by atoms with Crippen LogP contribution in [0.3, 0.4) is 0 Å². The highest BCUT2D eigenvalue weighted by Gasteiger charge is 2.23. The van der Waals surface area contributed by atoms with Gasteiger partial charge in [-0.15, -0.1) is 0 Å². The zero-order valence-electron chi connectivity index (χ0n) is 12.1. The Morgan fingerprint density at radius 1 is 0.950 bits per heavy atom. The maximum absolute atomic E-state index is 12.5. The van der Waals surface area contributed by atoms with E-state index >= 15 is 0 Å². The Balaban J connectivity index is 2.19. The van der Waals surface area contributed by atoms with Crippen LogP contribution in [0.25, 0.3) is 0 Å². The second-order valence-electron chi connectivity index (χ2n) is 5.60. The van der Waals surface area contributed by atoms with Gasteiger partial charge >= 0.3 is 0 Å². The van der Waals surface area contributed by atoms with Gasteiger partial charge in [0.15, 0.2) is 0 Å². The first-order valence-corrected chi connectivity index (χ1v) is 7.81. The van der Waals surface area contributed by atoms with Gasteiger partial charge in [0, 0.05) is 4.75 Å². The van der Waals surface area contributed by atoms with Gasteiger partial charge in [0.2, 0.25) is 0 Å². The summed E-state index contributed by atoms with van der Waals surface area (Å²) < 4.78 is 18.1. The van der Waals surface area contributed by atoms with E-state index in [4.69, 9.17) is 4.74 Å². The largest absolute Gasteiger partial charge is 0.488 e. The predicted octanol–water partition coefficient (Wildman–Crippen LogP) is 4.17. The molecule has 0 aliphatic rings. The summed E-state index contributed by atoms with van der Waals surface area (Å²) in [7, 11) is -1.10. The van der Waals surface area contributed by atoms with E-state index in [0.29, 0.717) is 12.4 Å². The highest BCUT2D eigenvalue weighted by molar-refractivity contribution is 7.86. The van der Waals surface area contributed by atoms with E-state index in [2.05, 4.69) is 0 Å². The SMILES string of the molecule is CC(C)(C)S(=O)c1ccccc1OCc1ccccc1. The lowest BCUT2D eigenvalue weighted by atomic mass is 10.2. The van der Waals surface area contributed by atoms with E-state index in [1.165, 1.54) is 0 Å². The van der Waals surface area contributed by atoms with Gasteiger partial charge in [-0.05, 0) is 38.5 Å². The molecule has 0 heterocycles. The van der Waals surface area contributed by atoms with Crippen LogP contribution >= 0.6 is 0 Å². The van der Waals surface area contributed by atoms with Crippen molar-refractivity contribution in [1.82, 2.24) is 0 Å². The Morgan fingerprint density at radius 3 is 2.20 bits per heavy atom. The van der Waals surface area contributed by atoms with Gasteiger partial charge in [-0.2, -0.15) is 0 Å². The van der Waals surface area contributed by atoms with Crippen molar-refractivity contribution < 1.29 is 8.95 Å². The van der Waals surface area contributed by atoms with Crippen LogP contribution in [0.4, 0.5) is 0 Å². The summed E-state index contributed by atoms with van der Waals surface area (Å²) >= 11 is 0. The molecule has 0 amide bonds. The Labute approximate surface area is 123 Å². The predicted molar refractivity (Wildman–Crippen MR) is 83.4 cm³/mol. The lowest BCUT2D eigenvalue weighted by Gasteiger charge is -2.20. The van der Waals surface area contributed by atoms with E-state index in [1.54, 1.807) is 0 Å². The summed E-state index contributed by atoms with van der Waals surface area (Å²) in [6.07, 6.45) is 0. The summed E-state index contributed by atoms with van der Waals surface area (Å²) in [5.74, 6) is 0.699. The summed E-state index contributed by atoms with van der Waals surface area (Å²) in [4.78, 5) is 0.760. The lowest BCUT2D eigenvalue weighted by molar-refractivity contribution is 0.298. The topological polar surface area (TPSA) is 26.3 Å². The van der Waals surface area contributed by atoms with E-state index < -0.39 is 10.8 Å². The van der Waals surface area contributed by atoms with Crippen LogP contribution in [0, 0.1) is 0 Å². The third kappa shape index (κ3) is 3.70. The number of ether oxygens (including phenoxy) is 1. The lowest BCUT2D eigenvalue weighted by Crippen LogP contribution is -2.22. The highest BCUT2D eigenvalue weighted by Crippen LogP contribution is 2.28. The third-order valence-corrected chi connectivity index (χ3v) is 4.69. The number of para-hydroxylation sites is 1. The Hall–Kier alpha value is -1.61. The Bertz CT molecular complexity index is 585. The molecule has 0 saturated carbocycles. The molecule has 2 rings (SSSR count). The number of rotatable bonds is 4. The van der Waals surface area contributed by atoms with Gasteiger partial charge in [0.25, 0.3) is 0 Å². The van der Waals surface area contributed by atoms with E-state index in [-0.39, 0.29) is 4.75 Å². The van der Waals surface area contributed by atoms with Crippen LogP contribution in [0.15, 0.2) is 59.5 Å². The second kappa shape index (κ2) is 6.23. The Morgan fingerprint density at radius 2 is 1.55 bits per heavy atom. The van der Waals surface area contributed by atoms with Gasteiger partial charge in [-0.3, -0.25) is 4.21 Å². The maximum Gasteiger partial charge on any atom is 0.135 e. The van der Waals surface area contributed by atoms with Crippen LogP contribution < -0.4 is 4.74 Å². The van der Waals surface area contributed by atoms with Crippen LogP contribution in [-0.4, -0.2) is 8.96 Å². The molecule has 20 heavy (non-hydrogen) atoms. The molecule has 0 aromatic heterocycles. The number of hydrogen-bond donors (Lipinski definition) is 0. The smallest absolute Gasteiger partial charge is 0.135 e. The first kappa shape index (κ1) is 14.8. The molecule has 0 saturated heterocycles. The molecule has 3 heteroatoms. The van der Waals surface area contributed by atoms with Gasteiger partial charge in [-0.25, -0.2) is 0 Å². The fourth-order valence-electron chi connectivity index (χ4n) is 1.79. The van der Waals surface area contributed by atoms with Crippen molar-refractivity contribution in [3.63, 3.8) is 0 Å². The molecule has 1 atom stereocenters. The molecular formula is C17H20O2S. The maximum atomic E-state index is 12.5. The van der Waals surface area contributed by atoms with Crippen LogP contribution in [0.1, 0.15) is 26.3 Å². The van der Waals surface area contributed by atoms with Crippen LogP contribution in [0.5, 0.6) is 5.75 Å². The molecule has 0 fully saturated rings. The summed E-state index contributed by atoms with van der Waals surface area (Å²) in [5.41, 5.74) is 1.10. The minimum Gasteiger partial charge on any atom is -0.488 e. The number of benzene rings is 2. The van der Waals surface area contributed by atoms with Crippen molar-refractivity contribution in [3.05, 3.63) is 60.2 Å². The van der Waals surface area contributed by atoms with Crippen molar-refractivity contribution in [2.45, 2.75) is 37.0 Å². The summed E-state index contributed by atoms with van der Waals surface area (Å²) in [6.45, 7) is 6.39. The number of hydrogen-bond acceptors (Lipinski definition) is 2. The molecular weight excluding hydrogens is 268 g/mol. The van der Waals surface area contributed by atoms with Crippen molar-refractivity contribution >= 4 is 10.8 Å². The standard InChI is InChI=1S/C17H20O2S/c1-17(2,3)20(18)16-12-8-7-11-15(16)19-13-14-9-5-4-6-10-14/h4-12H,13H2,1-3H3. The van der Waals surface area contributed by atoms with Crippen molar-refractivity contribution in [1.29, 1.82) is 0 Å². The van der Waals surface area contributed by atoms with Crippen LogP contribution in [0.2, 0.25) is 0 Å². The van der Waals surface area contributed by atoms with Gasteiger partial charge in [-0.1, -0.05) is 42.5 Å². The molecule has 0 aliphatic carbocycles. The van der Waals surface area contributed by atoms with Gasteiger partial charge < -0.3 is 4.74 Å². The molecule has 106 valence electrons. The average molecular weight is 288 g/mol. The fourth-order valence-corrected chi connectivity index (χ4v) is 2.96. The molecule has 0 radical (unpaired) electrons. The average Bonchev–Trinajstić information content (AvgIpc) is 2.45. The zero-order chi connectivity index (χ0) is 14.6. The van der Waals surface area contributed by atoms with E-state index in [1.807, 2.05) is 75.4 Å². The summed E-state index contributed by atoms with van der Waals surface area (Å²) in [6, 6.07) is 17.5. The molecule has 2 aromatic carbocycles. The van der Waals surface area contributed by atoms with Gasteiger partial charge in [0.1, 0.15) is 12.4 Å². The normalized spacial score (nSPS) is 12.9. The van der Waals surface area contributed by atoms with Crippen LogP contribution in [-0.2, 0) is 17.4 Å². The molecule has 0 spiro atoms. The monoisotopic (exact) mass is 288 g/mol. The second-order valence-corrected chi connectivity index (χ2v) is 7.80. The third-order valence-electron chi connectivity index (χ3n) is 2.84. The molecule has 2 nitrogen and oxygen atoms in total. The van der Waals surface area contributed by atoms with E-state index in [0.717, 1.165) is 10.5 Å². The Kier molecular flexibility index (Phi) is 4.61. The quantitative estimate of drug-likeness (QED) is 0.844. The summed E-state index contributed by atoms with van der Waals surface area (Å²) in [5, 5.41) is 0. The molecule has 1 unspecified atom stereocenters. The molecule has 0 bridgehead atoms. The highest BCUT2D eigenvalue weighted by atomic mass is 32.2. The van der Waals surface area contributed by atoms with E-state index in [9.17, 15) is 4.21 Å². The minimum atomic E-state index is -1.10. The first-order chi connectivity index (χ1) is 9.48. The zero-order valence-corrected chi connectivity index (χ0v) is 12.9. The van der Waals surface area contributed by atoms with Crippen molar-refractivity contribution in [2.24, 2.45) is 0 Å². The van der Waals surface area contributed by atoms with Crippen molar-refractivity contribution in [2.75, 3.05) is 0 Å². The fraction of sp³-hybridized carbons (Fsp3) is 0.294. The van der Waals surface area contributed by atoms with Gasteiger partial charge in [0.05, 0.1) is 15.7 Å². The first-order valence-electron chi connectivity index (χ1n) is 6.66. The minimum absolute atomic E-state index is 0.299. The molecule has 2 aromatic rings. The van der Waals surface area contributed by atoms with Crippen molar-refractivity contribution in [3.8, 4) is 5.75 Å². The molecule has 0 N–H and O–H groups in total. The molecule has 0 aliphatic heterocycles.